The number of carboxylic acids is 1. The molecule has 25 heavy (non-hydrogen) atoms. The topological polar surface area (TPSA) is 113 Å². The lowest BCUT2D eigenvalue weighted by Crippen LogP contribution is -2.51. The molecule has 144 valence electrons. The van der Waals surface area contributed by atoms with Gasteiger partial charge in [0.05, 0.1) is 11.2 Å². The molecule has 1 atom stereocenters. The molecule has 0 aliphatic carbocycles. The monoisotopic (exact) mass is 376 g/mol. The van der Waals surface area contributed by atoms with Crippen molar-refractivity contribution < 1.29 is 27.9 Å². The molecule has 1 unspecified atom stereocenters. The minimum atomic E-state index is -3.45. The molecule has 2 heterocycles. The van der Waals surface area contributed by atoms with Gasteiger partial charge in [-0.15, -0.1) is 0 Å². The van der Waals surface area contributed by atoms with E-state index < -0.39 is 33.4 Å². The molecule has 0 spiro atoms. The molecule has 1 amide bonds. The molecule has 2 aliphatic heterocycles. The Morgan fingerprint density at radius 3 is 2.60 bits per heavy atom. The number of aliphatic carboxylic acids is 1. The Kier molecular flexibility index (Phi) is 6.81. The maximum atomic E-state index is 12.5. The quantitative estimate of drug-likeness (QED) is 0.641. The average molecular weight is 376 g/mol. The van der Waals surface area contributed by atoms with Crippen LogP contribution in [0, 0.1) is 5.41 Å². The molecular weight excluding hydrogens is 348 g/mol. The van der Waals surface area contributed by atoms with E-state index in [0.717, 1.165) is 6.42 Å². The molecule has 2 N–H and O–H groups in total. The zero-order chi connectivity index (χ0) is 18.5. The number of unbranched alkanes of at least 4 members (excludes halogenated alkanes) is 1. The summed E-state index contributed by atoms with van der Waals surface area (Å²) in [5.74, 6) is -1.30. The molecule has 0 bridgehead atoms. The van der Waals surface area contributed by atoms with Crippen LogP contribution in [0.1, 0.15) is 45.4 Å². The molecule has 2 saturated heterocycles. The minimum absolute atomic E-state index is 0.00384. The lowest BCUT2D eigenvalue weighted by molar-refractivity contribution is -0.154. The van der Waals surface area contributed by atoms with E-state index >= 15 is 0 Å². The summed E-state index contributed by atoms with van der Waals surface area (Å²) in [6.45, 7) is 2.97. The van der Waals surface area contributed by atoms with Crippen molar-refractivity contribution in [3.05, 3.63) is 0 Å². The third-order valence-electron chi connectivity index (χ3n) is 5.12. The first-order valence-electron chi connectivity index (χ1n) is 8.91. The first-order valence-corrected chi connectivity index (χ1v) is 10.5. The van der Waals surface area contributed by atoms with Gasteiger partial charge in [0.2, 0.25) is 15.9 Å². The van der Waals surface area contributed by atoms with Crippen molar-refractivity contribution in [2.45, 2.75) is 51.5 Å². The third kappa shape index (κ3) is 4.71. The Morgan fingerprint density at radius 1 is 1.32 bits per heavy atom. The molecule has 2 fully saturated rings. The number of carbonyl (C=O) groups is 2. The molecule has 9 heteroatoms. The SMILES string of the molecule is CCCCS(=O)(=O)N1CCCC1C(=O)NCC1(C(=O)O)CCOCC1. The number of sulfonamides is 1. The zero-order valence-corrected chi connectivity index (χ0v) is 15.5. The first kappa shape index (κ1) is 20.1. The smallest absolute Gasteiger partial charge is 0.311 e. The van der Waals surface area contributed by atoms with E-state index in [4.69, 9.17) is 4.74 Å². The van der Waals surface area contributed by atoms with E-state index in [0.29, 0.717) is 51.9 Å². The van der Waals surface area contributed by atoms with Gasteiger partial charge in [-0.25, -0.2) is 8.42 Å². The predicted octanol–water partition coefficient (Wildman–Crippen LogP) is 0.578. The Balaban J connectivity index is 2.00. The summed E-state index contributed by atoms with van der Waals surface area (Å²) in [5, 5.41) is 12.2. The van der Waals surface area contributed by atoms with Crippen molar-refractivity contribution in [1.29, 1.82) is 0 Å². The van der Waals surface area contributed by atoms with E-state index in [1.54, 1.807) is 0 Å². The van der Waals surface area contributed by atoms with Crippen molar-refractivity contribution in [3.8, 4) is 0 Å². The number of hydrogen-bond acceptors (Lipinski definition) is 5. The fourth-order valence-electron chi connectivity index (χ4n) is 3.38. The minimum Gasteiger partial charge on any atom is -0.481 e. The molecule has 0 aromatic carbocycles. The second kappa shape index (κ2) is 8.46. The molecule has 0 saturated carbocycles. The van der Waals surface area contributed by atoms with Crippen LogP contribution in [0.2, 0.25) is 0 Å². The number of rotatable bonds is 8. The number of amides is 1. The highest BCUT2D eigenvalue weighted by molar-refractivity contribution is 7.89. The average Bonchev–Trinajstić information content (AvgIpc) is 3.09. The van der Waals surface area contributed by atoms with E-state index in [-0.39, 0.29) is 12.3 Å². The lowest BCUT2D eigenvalue weighted by atomic mass is 9.80. The van der Waals surface area contributed by atoms with Gasteiger partial charge in [0.1, 0.15) is 6.04 Å². The van der Waals surface area contributed by atoms with Crippen LogP contribution in [-0.2, 0) is 24.3 Å². The van der Waals surface area contributed by atoms with Gasteiger partial charge >= 0.3 is 5.97 Å². The van der Waals surface area contributed by atoms with E-state index in [2.05, 4.69) is 5.32 Å². The molecule has 8 nitrogen and oxygen atoms in total. The van der Waals surface area contributed by atoms with Gasteiger partial charge in [0.25, 0.3) is 0 Å². The predicted molar refractivity (Wildman–Crippen MR) is 91.6 cm³/mol. The normalized spacial score (nSPS) is 24.1. The third-order valence-corrected chi connectivity index (χ3v) is 7.08. The summed E-state index contributed by atoms with van der Waals surface area (Å²) in [4.78, 5) is 24.2. The first-order chi connectivity index (χ1) is 11.8. The number of carbonyl (C=O) groups excluding carboxylic acids is 1. The highest BCUT2D eigenvalue weighted by Gasteiger charge is 2.43. The van der Waals surface area contributed by atoms with Crippen LogP contribution in [0.5, 0.6) is 0 Å². The fraction of sp³-hybridized carbons (Fsp3) is 0.875. The Hall–Kier alpha value is -1.19. The maximum absolute atomic E-state index is 12.5. The number of carboxylic acid groups (broad SMARTS) is 1. The van der Waals surface area contributed by atoms with Gasteiger partial charge in [0.15, 0.2) is 0 Å². The lowest BCUT2D eigenvalue weighted by Gasteiger charge is -2.33. The molecular formula is C16H28N2O6S. The fourth-order valence-corrected chi connectivity index (χ4v) is 5.27. The van der Waals surface area contributed by atoms with Crippen LogP contribution < -0.4 is 5.32 Å². The number of hydrogen-bond donors (Lipinski definition) is 2. The van der Waals surface area contributed by atoms with Gasteiger partial charge in [0, 0.05) is 26.3 Å². The molecule has 2 rings (SSSR count). The summed E-state index contributed by atoms with van der Waals surface area (Å²) in [7, 11) is -3.45. The summed E-state index contributed by atoms with van der Waals surface area (Å²) in [5.41, 5.74) is -1.03. The Morgan fingerprint density at radius 2 is 2.00 bits per heavy atom. The highest BCUT2D eigenvalue weighted by Crippen LogP contribution is 2.30. The number of nitrogens with one attached hydrogen (secondary N) is 1. The summed E-state index contributed by atoms with van der Waals surface area (Å²) in [6, 6.07) is -0.729. The zero-order valence-electron chi connectivity index (χ0n) is 14.7. The van der Waals surface area contributed by atoms with Crippen LogP contribution in [0.4, 0.5) is 0 Å². The van der Waals surface area contributed by atoms with Crippen LogP contribution in [0.15, 0.2) is 0 Å². The summed E-state index contributed by atoms with van der Waals surface area (Å²) >= 11 is 0. The largest absolute Gasteiger partial charge is 0.481 e. The van der Waals surface area contributed by atoms with Crippen LogP contribution in [0.3, 0.4) is 0 Å². The van der Waals surface area contributed by atoms with Crippen molar-refractivity contribution in [1.82, 2.24) is 9.62 Å². The van der Waals surface area contributed by atoms with Gasteiger partial charge in [-0.2, -0.15) is 4.31 Å². The van der Waals surface area contributed by atoms with Crippen molar-refractivity contribution in [2.75, 3.05) is 32.1 Å². The van der Waals surface area contributed by atoms with Gasteiger partial charge < -0.3 is 15.2 Å². The second-order valence-corrected chi connectivity index (χ2v) is 8.90. The second-order valence-electron chi connectivity index (χ2n) is 6.85. The van der Waals surface area contributed by atoms with Gasteiger partial charge in [-0.05, 0) is 32.1 Å². The van der Waals surface area contributed by atoms with E-state index in [9.17, 15) is 23.1 Å². The standard InChI is InChI=1S/C16H28N2O6S/c1-2-3-11-25(22,23)18-8-4-5-13(18)14(19)17-12-16(15(20)21)6-9-24-10-7-16/h13H,2-12H2,1H3,(H,17,19)(H,20,21). The molecule has 0 radical (unpaired) electrons. The van der Waals surface area contributed by atoms with Crippen LogP contribution in [0.25, 0.3) is 0 Å². The highest BCUT2D eigenvalue weighted by atomic mass is 32.2. The van der Waals surface area contributed by atoms with E-state index in [1.807, 2.05) is 6.92 Å². The maximum Gasteiger partial charge on any atom is 0.311 e. The van der Waals surface area contributed by atoms with Crippen LogP contribution in [-0.4, -0.2) is 67.8 Å². The number of ether oxygens (including phenoxy) is 1. The molecule has 0 aromatic rings. The van der Waals surface area contributed by atoms with Gasteiger partial charge in [-0.1, -0.05) is 13.3 Å². The Bertz CT molecular complexity index is 585. The number of nitrogens with zero attached hydrogens (tertiary/aromatic N) is 1. The van der Waals surface area contributed by atoms with Crippen LogP contribution >= 0.6 is 0 Å². The van der Waals surface area contributed by atoms with Crippen molar-refractivity contribution in [3.63, 3.8) is 0 Å². The molecule has 0 aromatic heterocycles. The van der Waals surface area contributed by atoms with Crippen molar-refractivity contribution >= 4 is 21.9 Å². The Labute approximate surface area is 149 Å². The van der Waals surface area contributed by atoms with Crippen molar-refractivity contribution in [2.24, 2.45) is 5.41 Å². The molecule has 2 aliphatic rings. The van der Waals surface area contributed by atoms with Gasteiger partial charge in [-0.3, -0.25) is 9.59 Å². The summed E-state index contributed by atoms with van der Waals surface area (Å²) in [6.07, 6.45) is 3.13. The summed E-state index contributed by atoms with van der Waals surface area (Å²) < 4.78 is 31.3. The van der Waals surface area contributed by atoms with E-state index in [1.165, 1.54) is 4.31 Å².